The van der Waals surface area contributed by atoms with E-state index >= 15 is 0 Å². The molecule has 0 N–H and O–H groups in total. The second-order valence-electron chi connectivity index (χ2n) is 19.5. The van der Waals surface area contributed by atoms with Gasteiger partial charge in [-0.05, 0) is 83.5 Å². The second-order valence-corrected chi connectivity index (χ2v) is 19.5. The predicted octanol–water partition coefficient (Wildman–Crippen LogP) is 19.8. The number of carbonyl (C=O) groups is 3. The van der Waals surface area contributed by atoms with Crippen molar-refractivity contribution in [2.45, 2.75) is 297 Å². The summed E-state index contributed by atoms with van der Waals surface area (Å²) < 4.78 is 16.8. The molecule has 0 aliphatic heterocycles. The number of hydrogen-bond donors (Lipinski definition) is 0. The molecular formula is C63H110O6. The topological polar surface area (TPSA) is 78.9 Å². The largest absolute Gasteiger partial charge is 0.462 e. The Balaban J connectivity index is 4.34. The number of unbranched alkanes of at least 4 members (excludes halogenated alkanes) is 30. The normalized spacial score (nSPS) is 12.6. The zero-order valence-electron chi connectivity index (χ0n) is 45.6. The van der Waals surface area contributed by atoms with Crippen molar-refractivity contribution in [3.8, 4) is 0 Å². The summed E-state index contributed by atoms with van der Waals surface area (Å²) in [6.07, 6.45) is 73.4. The van der Waals surface area contributed by atoms with Gasteiger partial charge in [-0.3, -0.25) is 14.4 Å². The van der Waals surface area contributed by atoms with Gasteiger partial charge in [0.25, 0.3) is 0 Å². The molecule has 69 heavy (non-hydrogen) atoms. The highest BCUT2D eigenvalue weighted by Crippen LogP contribution is 2.16. The third kappa shape index (κ3) is 55.6. The van der Waals surface area contributed by atoms with E-state index in [1.165, 1.54) is 167 Å². The predicted molar refractivity (Wildman–Crippen MR) is 298 cm³/mol. The number of rotatable bonds is 53. The van der Waals surface area contributed by atoms with Crippen LogP contribution < -0.4 is 0 Å². The Morgan fingerprint density at radius 1 is 0.304 bits per heavy atom. The molecule has 6 nitrogen and oxygen atoms in total. The minimum Gasteiger partial charge on any atom is -0.462 e. The van der Waals surface area contributed by atoms with Crippen LogP contribution in [0.2, 0.25) is 0 Å². The zero-order valence-corrected chi connectivity index (χ0v) is 45.6. The van der Waals surface area contributed by atoms with Gasteiger partial charge in [-0.2, -0.15) is 0 Å². The Kier molecular flexibility index (Phi) is 54.8. The first kappa shape index (κ1) is 65.8. The first-order valence-electron chi connectivity index (χ1n) is 29.4. The second kappa shape index (κ2) is 57.4. The lowest BCUT2D eigenvalue weighted by Gasteiger charge is -2.18. The van der Waals surface area contributed by atoms with Crippen molar-refractivity contribution in [3.63, 3.8) is 0 Å². The van der Waals surface area contributed by atoms with Gasteiger partial charge in [-0.1, -0.05) is 261 Å². The Morgan fingerprint density at radius 2 is 0.580 bits per heavy atom. The van der Waals surface area contributed by atoms with E-state index in [9.17, 15) is 14.4 Å². The Labute approximate surface area is 427 Å². The molecule has 0 aliphatic carbocycles. The monoisotopic (exact) mass is 963 g/mol. The lowest BCUT2D eigenvalue weighted by atomic mass is 10.0. The first-order chi connectivity index (χ1) is 34.0. The molecule has 0 rings (SSSR count). The molecule has 0 saturated heterocycles. The number of hydrogen-bond acceptors (Lipinski definition) is 6. The smallest absolute Gasteiger partial charge is 0.306 e. The summed E-state index contributed by atoms with van der Waals surface area (Å²) in [5.74, 6) is -0.947. The van der Waals surface area contributed by atoms with E-state index in [2.05, 4.69) is 93.7 Å². The molecule has 1 atom stereocenters. The van der Waals surface area contributed by atoms with Crippen LogP contribution in [0.5, 0.6) is 0 Å². The van der Waals surface area contributed by atoms with Gasteiger partial charge in [-0.25, -0.2) is 0 Å². The minimum atomic E-state index is -0.803. The average Bonchev–Trinajstić information content (AvgIpc) is 3.35. The van der Waals surface area contributed by atoms with Crippen LogP contribution in [0.4, 0.5) is 0 Å². The maximum absolute atomic E-state index is 12.8. The highest BCUT2D eigenvalue weighted by molar-refractivity contribution is 5.71. The first-order valence-corrected chi connectivity index (χ1v) is 29.4. The number of esters is 3. The molecule has 398 valence electrons. The van der Waals surface area contributed by atoms with Crippen LogP contribution in [0, 0.1) is 0 Å². The minimum absolute atomic E-state index is 0.0958. The maximum Gasteiger partial charge on any atom is 0.306 e. The fraction of sp³-hybridized carbons (Fsp3) is 0.762. The van der Waals surface area contributed by atoms with Crippen LogP contribution in [0.1, 0.15) is 290 Å². The summed E-state index contributed by atoms with van der Waals surface area (Å²) >= 11 is 0. The lowest BCUT2D eigenvalue weighted by molar-refractivity contribution is -0.167. The highest BCUT2D eigenvalue weighted by Gasteiger charge is 2.19. The molecule has 0 aliphatic rings. The van der Waals surface area contributed by atoms with Gasteiger partial charge < -0.3 is 14.2 Å². The fourth-order valence-corrected chi connectivity index (χ4v) is 8.30. The molecule has 1 unspecified atom stereocenters. The molecule has 0 spiro atoms. The van der Waals surface area contributed by atoms with E-state index in [-0.39, 0.29) is 37.5 Å². The van der Waals surface area contributed by atoms with Crippen molar-refractivity contribution >= 4 is 17.9 Å². The van der Waals surface area contributed by atoms with Crippen LogP contribution in [0.25, 0.3) is 0 Å². The quantitative estimate of drug-likeness (QED) is 0.0262. The molecule has 0 aromatic heterocycles. The SMILES string of the molecule is CC/C=C\C/C=C\C/C=C\C/C=C\C/C=C\CCCC(=O)OC(COC(=O)CCCCCCCCCCCCC)COC(=O)CCCCCCCCCCCCC/C=C\CCCCCCCCCC. The molecular weight excluding hydrogens is 853 g/mol. The van der Waals surface area contributed by atoms with E-state index < -0.39 is 6.10 Å². The molecule has 0 heterocycles. The number of carbonyl (C=O) groups excluding carboxylic acids is 3. The Morgan fingerprint density at radius 3 is 0.942 bits per heavy atom. The van der Waals surface area contributed by atoms with Crippen LogP contribution in [-0.2, 0) is 28.6 Å². The number of ether oxygens (including phenoxy) is 3. The Bertz CT molecular complexity index is 1290. The zero-order chi connectivity index (χ0) is 50.0. The molecule has 0 aromatic rings. The van der Waals surface area contributed by atoms with E-state index in [0.29, 0.717) is 19.3 Å². The molecule has 0 radical (unpaired) electrons. The van der Waals surface area contributed by atoms with Gasteiger partial charge >= 0.3 is 17.9 Å². The van der Waals surface area contributed by atoms with Gasteiger partial charge in [-0.15, -0.1) is 0 Å². The van der Waals surface area contributed by atoms with Crippen molar-refractivity contribution in [1.29, 1.82) is 0 Å². The van der Waals surface area contributed by atoms with E-state index in [1.54, 1.807) is 0 Å². The molecule has 0 aromatic carbocycles. The lowest BCUT2D eigenvalue weighted by Crippen LogP contribution is -2.30. The summed E-state index contributed by atoms with van der Waals surface area (Å²) in [6.45, 7) is 6.49. The fourth-order valence-electron chi connectivity index (χ4n) is 8.30. The Hall–Kier alpha value is -3.15. The summed E-state index contributed by atoms with van der Waals surface area (Å²) in [7, 11) is 0. The van der Waals surface area contributed by atoms with Crippen molar-refractivity contribution < 1.29 is 28.6 Å². The maximum atomic E-state index is 12.8. The molecule has 0 fully saturated rings. The van der Waals surface area contributed by atoms with Gasteiger partial charge in [0.05, 0.1) is 0 Å². The molecule has 0 bridgehead atoms. The van der Waals surface area contributed by atoms with Crippen LogP contribution in [-0.4, -0.2) is 37.2 Å². The average molecular weight is 964 g/mol. The molecule has 6 heteroatoms. The summed E-state index contributed by atoms with van der Waals surface area (Å²) in [4.78, 5) is 38.1. The molecule has 0 amide bonds. The van der Waals surface area contributed by atoms with E-state index in [1.807, 2.05) is 0 Å². The van der Waals surface area contributed by atoms with Crippen LogP contribution in [0.15, 0.2) is 72.9 Å². The van der Waals surface area contributed by atoms with Gasteiger partial charge in [0, 0.05) is 19.3 Å². The van der Waals surface area contributed by atoms with Gasteiger partial charge in [0.2, 0.25) is 0 Å². The standard InChI is InChI=1S/C63H110O6/c1-4-7-10-13-16-19-22-24-26-28-29-30-31-32-33-35-36-38-41-44-47-50-53-56-62(65)68-59-60(58-67-61(64)55-52-49-46-43-40-21-18-15-12-9-6-3)69-63(66)57-54-51-48-45-42-39-37-34-27-25-23-20-17-14-11-8-5-2/h8,11,17,20,25,27-29,37,39,45,48,60H,4-7,9-10,12-16,18-19,21-24,26,30-36,38,40-44,46-47,49-59H2,1-3H3/b11-8-,20-17-,27-25-,29-28-,39-37-,48-45-. The molecule has 0 saturated carbocycles. The highest BCUT2D eigenvalue weighted by atomic mass is 16.6. The third-order valence-corrected chi connectivity index (χ3v) is 12.7. The van der Waals surface area contributed by atoms with Crippen LogP contribution in [0.3, 0.4) is 0 Å². The van der Waals surface area contributed by atoms with E-state index in [0.717, 1.165) is 77.0 Å². The van der Waals surface area contributed by atoms with E-state index in [4.69, 9.17) is 14.2 Å². The van der Waals surface area contributed by atoms with Crippen LogP contribution >= 0.6 is 0 Å². The van der Waals surface area contributed by atoms with Gasteiger partial charge in [0.1, 0.15) is 13.2 Å². The van der Waals surface area contributed by atoms with Crippen molar-refractivity contribution in [1.82, 2.24) is 0 Å². The third-order valence-electron chi connectivity index (χ3n) is 12.7. The summed E-state index contributed by atoms with van der Waals surface area (Å²) in [5.41, 5.74) is 0. The van der Waals surface area contributed by atoms with Crippen molar-refractivity contribution in [2.75, 3.05) is 13.2 Å². The number of allylic oxidation sites excluding steroid dienone is 12. The summed E-state index contributed by atoms with van der Waals surface area (Å²) in [6, 6.07) is 0. The van der Waals surface area contributed by atoms with Crippen molar-refractivity contribution in [2.24, 2.45) is 0 Å². The summed E-state index contributed by atoms with van der Waals surface area (Å²) in [5, 5.41) is 0. The van der Waals surface area contributed by atoms with Crippen molar-refractivity contribution in [3.05, 3.63) is 72.9 Å². The van der Waals surface area contributed by atoms with Gasteiger partial charge in [0.15, 0.2) is 6.10 Å².